The number of methoxy groups -OCH3 is 2. The van der Waals surface area contributed by atoms with Crippen LogP contribution in [0.3, 0.4) is 0 Å². The van der Waals surface area contributed by atoms with Crippen LogP contribution in [0.15, 0.2) is 18.2 Å². The minimum absolute atomic E-state index is 0.134. The van der Waals surface area contributed by atoms with Crippen molar-refractivity contribution in [1.82, 2.24) is 5.32 Å². The Balaban J connectivity index is 1.51. The normalized spacial score (nSPS) is 23.1. The number of benzene rings is 1. The minimum Gasteiger partial charge on any atom is -0.497 e. The van der Waals surface area contributed by atoms with Gasteiger partial charge in [-0.3, -0.25) is 0 Å². The summed E-state index contributed by atoms with van der Waals surface area (Å²) in [5, 5.41) is 3.44. The third-order valence-electron chi connectivity index (χ3n) is 4.45. The maximum atomic E-state index is 6.11. The van der Waals surface area contributed by atoms with E-state index in [0.717, 1.165) is 36.4 Å². The van der Waals surface area contributed by atoms with Crippen molar-refractivity contribution in [2.45, 2.75) is 44.1 Å². The van der Waals surface area contributed by atoms with Gasteiger partial charge >= 0.3 is 0 Å². The molecule has 2 aliphatic rings. The first-order valence-corrected chi connectivity index (χ1v) is 7.98. The highest BCUT2D eigenvalue weighted by atomic mass is 16.7. The summed E-state index contributed by atoms with van der Waals surface area (Å²) < 4.78 is 22.7. The fraction of sp³-hybridized carbons (Fsp3) is 0.647. The van der Waals surface area contributed by atoms with Crippen molar-refractivity contribution in [3.05, 3.63) is 23.8 Å². The van der Waals surface area contributed by atoms with Gasteiger partial charge in [0.25, 0.3) is 0 Å². The van der Waals surface area contributed by atoms with Crippen molar-refractivity contribution >= 4 is 0 Å². The number of ether oxygens (including phenoxy) is 4. The smallest absolute Gasteiger partial charge is 0.168 e. The summed E-state index contributed by atoms with van der Waals surface area (Å²) in [4.78, 5) is 0. The monoisotopic (exact) mass is 307 g/mol. The summed E-state index contributed by atoms with van der Waals surface area (Å²) in [6.07, 6.45) is 4.62. The fourth-order valence-electron chi connectivity index (χ4n) is 3.28. The largest absolute Gasteiger partial charge is 0.497 e. The van der Waals surface area contributed by atoms with Crippen LogP contribution in [0.2, 0.25) is 0 Å². The molecule has 122 valence electrons. The third kappa shape index (κ3) is 3.37. The molecular formula is C17H25NO4. The zero-order valence-corrected chi connectivity index (χ0v) is 13.4. The number of hydrogen-bond acceptors (Lipinski definition) is 5. The summed E-state index contributed by atoms with van der Waals surface area (Å²) in [5.41, 5.74) is 1.08. The van der Waals surface area contributed by atoms with E-state index in [-0.39, 0.29) is 11.9 Å². The molecule has 1 aliphatic carbocycles. The molecule has 1 aromatic carbocycles. The molecule has 1 saturated heterocycles. The molecule has 1 N–H and O–H groups in total. The van der Waals surface area contributed by atoms with Crippen LogP contribution in [0.1, 0.15) is 31.2 Å². The van der Waals surface area contributed by atoms with Gasteiger partial charge in [-0.15, -0.1) is 0 Å². The van der Waals surface area contributed by atoms with Gasteiger partial charge in [-0.2, -0.15) is 0 Å². The van der Waals surface area contributed by atoms with Gasteiger partial charge in [0.2, 0.25) is 0 Å². The van der Waals surface area contributed by atoms with E-state index in [4.69, 9.17) is 18.9 Å². The van der Waals surface area contributed by atoms with Crippen LogP contribution in [-0.4, -0.2) is 39.3 Å². The molecule has 5 heteroatoms. The van der Waals surface area contributed by atoms with E-state index in [1.807, 2.05) is 18.2 Å². The van der Waals surface area contributed by atoms with E-state index in [1.54, 1.807) is 14.2 Å². The predicted molar refractivity (Wildman–Crippen MR) is 83.3 cm³/mol. The van der Waals surface area contributed by atoms with Crippen LogP contribution in [0.4, 0.5) is 0 Å². The molecule has 0 bridgehead atoms. The third-order valence-corrected chi connectivity index (χ3v) is 4.45. The lowest BCUT2D eigenvalue weighted by molar-refractivity contribution is -0.161. The van der Waals surface area contributed by atoms with Gasteiger partial charge in [0, 0.05) is 31.5 Å². The van der Waals surface area contributed by atoms with Gasteiger partial charge in [-0.1, -0.05) is 0 Å². The maximum absolute atomic E-state index is 6.11. The van der Waals surface area contributed by atoms with E-state index in [9.17, 15) is 0 Å². The molecule has 3 rings (SSSR count). The lowest BCUT2D eigenvalue weighted by atomic mass is 10.2. The molecule has 0 amide bonds. The van der Waals surface area contributed by atoms with Crippen LogP contribution in [-0.2, 0) is 16.0 Å². The van der Waals surface area contributed by atoms with Crippen molar-refractivity contribution in [2.75, 3.05) is 27.4 Å². The van der Waals surface area contributed by atoms with Crippen molar-refractivity contribution < 1.29 is 18.9 Å². The minimum atomic E-state index is -0.278. The highest BCUT2D eigenvalue weighted by Gasteiger charge is 2.43. The van der Waals surface area contributed by atoms with Gasteiger partial charge < -0.3 is 24.3 Å². The average molecular weight is 307 g/mol. The molecule has 1 aliphatic heterocycles. The Labute approximate surface area is 131 Å². The molecule has 0 radical (unpaired) electrons. The molecule has 5 nitrogen and oxygen atoms in total. The second-order valence-corrected chi connectivity index (χ2v) is 5.98. The number of nitrogens with one attached hydrogen (secondary N) is 1. The van der Waals surface area contributed by atoms with E-state index >= 15 is 0 Å². The highest BCUT2D eigenvalue weighted by Crippen LogP contribution is 2.39. The predicted octanol–water partition coefficient (Wildman–Crippen LogP) is 2.48. The molecule has 1 unspecified atom stereocenters. The summed E-state index contributed by atoms with van der Waals surface area (Å²) in [5.74, 6) is 1.42. The standard InChI is InChI=1S/C17H25NO4/c1-19-14-5-6-16(20-2)13(9-14)10-18-11-15-12-21-17(22-15)7-3-4-8-17/h5-6,9,15,18H,3-4,7-8,10-12H2,1-2H3. The molecular weight excluding hydrogens is 282 g/mol. The SMILES string of the molecule is COc1ccc(OC)c(CNCC2COC3(CCCC3)O2)c1. The van der Waals surface area contributed by atoms with Crippen LogP contribution < -0.4 is 14.8 Å². The lowest BCUT2D eigenvalue weighted by Gasteiger charge is -2.22. The summed E-state index contributed by atoms with van der Waals surface area (Å²) >= 11 is 0. The van der Waals surface area contributed by atoms with Crippen LogP contribution in [0, 0.1) is 0 Å². The van der Waals surface area contributed by atoms with Gasteiger partial charge in [0.1, 0.15) is 11.5 Å². The van der Waals surface area contributed by atoms with Crippen molar-refractivity contribution in [3.8, 4) is 11.5 Å². The van der Waals surface area contributed by atoms with Crippen LogP contribution >= 0.6 is 0 Å². The summed E-state index contributed by atoms with van der Waals surface area (Å²) in [7, 11) is 3.35. The number of hydrogen-bond donors (Lipinski definition) is 1. The molecule has 1 heterocycles. The fourth-order valence-corrected chi connectivity index (χ4v) is 3.28. The zero-order valence-electron chi connectivity index (χ0n) is 13.4. The Morgan fingerprint density at radius 3 is 2.77 bits per heavy atom. The Kier molecular flexibility index (Phi) is 4.86. The topological polar surface area (TPSA) is 49.0 Å². The zero-order chi connectivity index (χ0) is 15.4. The first kappa shape index (κ1) is 15.6. The number of rotatable bonds is 6. The molecule has 1 atom stereocenters. The Hall–Kier alpha value is -1.30. The second kappa shape index (κ2) is 6.86. The summed E-state index contributed by atoms with van der Waals surface area (Å²) in [6.45, 7) is 2.18. The van der Waals surface area contributed by atoms with Crippen molar-refractivity contribution in [3.63, 3.8) is 0 Å². The quantitative estimate of drug-likeness (QED) is 0.875. The van der Waals surface area contributed by atoms with Crippen molar-refractivity contribution in [2.24, 2.45) is 0 Å². The van der Waals surface area contributed by atoms with Crippen LogP contribution in [0.5, 0.6) is 11.5 Å². The van der Waals surface area contributed by atoms with Gasteiger partial charge in [-0.25, -0.2) is 0 Å². The molecule has 22 heavy (non-hydrogen) atoms. The Morgan fingerprint density at radius 2 is 2.05 bits per heavy atom. The van der Waals surface area contributed by atoms with Gasteiger partial charge in [-0.05, 0) is 31.0 Å². The summed E-state index contributed by atoms with van der Waals surface area (Å²) in [6, 6.07) is 5.83. The molecule has 0 aromatic heterocycles. The lowest BCUT2D eigenvalue weighted by Crippen LogP contribution is -2.31. The first-order chi connectivity index (χ1) is 10.7. The molecule has 1 spiro atoms. The van der Waals surface area contributed by atoms with E-state index in [1.165, 1.54) is 12.8 Å². The second-order valence-electron chi connectivity index (χ2n) is 5.98. The molecule has 2 fully saturated rings. The van der Waals surface area contributed by atoms with Gasteiger partial charge in [0.15, 0.2) is 5.79 Å². The Bertz CT molecular complexity index is 499. The Morgan fingerprint density at radius 1 is 1.23 bits per heavy atom. The van der Waals surface area contributed by atoms with E-state index in [2.05, 4.69) is 5.32 Å². The maximum Gasteiger partial charge on any atom is 0.168 e. The molecule has 1 aromatic rings. The average Bonchev–Trinajstić information content (AvgIpc) is 3.17. The van der Waals surface area contributed by atoms with Gasteiger partial charge in [0.05, 0.1) is 26.9 Å². The van der Waals surface area contributed by atoms with E-state index in [0.29, 0.717) is 13.2 Å². The van der Waals surface area contributed by atoms with E-state index < -0.39 is 0 Å². The highest BCUT2D eigenvalue weighted by molar-refractivity contribution is 5.40. The van der Waals surface area contributed by atoms with Crippen LogP contribution in [0.25, 0.3) is 0 Å². The van der Waals surface area contributed by atoms with Crippen molar-refractivity contribution in [1.29, 1.82) is 0 Å². The molecule has 1 saturated carbocycles. The first-order valence-electron chi connectivity index (χ1n) is 7.98.